The normalized spacial score (nSPS) is 12.2. The highest BCUT2D eigenvalue weighted by Crippen LogP contribution is 2.52. The molecule has 7 aromatic rings. The maximum Gasteiger partial charge on any atom is 0.166 e. The van der Waals surface area contributed by atoms with E-state index in [2.05, 4.69) is 9.97 Å². The van der Waals surface area contributed by atoms with Crippen molar-refractivity contribution in [3.05, 3.63) is 86.6 Å². The first-order valence-electron chi connectivity index (χ1n) is 14.1. The zero-order valence-corrected chi connectivity index (χ0v) is 31.5. The van der Waals surface area contributed by atoms with Gasteiger partial charge in [0.1, 0.15) is 22.6 Å². The van der Waals surface area contributed by atoms with Crippen LogP contribution in [-0.2, 0) is 0 Å². The van der Waals surface area contributed by atoms with Crippen LogP contribution in [0.15, 0.2) is 36.4 Å². The summed E-state index contributed by atoms with van der Waals surface area (Å²) < 4.78 is 0. The van der Waals surface area contributed by atoms with Crippen molar-refractivity contribution in [3.8, 4) is 45.6 Å². The fourth-order valence-corrected chi connectivity index (χ4v) is 8.45. The molecule has 8 bridgehead atoms. The molecule has 50 heavy (non-hydrogen) atoms. The lowest BCUT2D eigenvalue weighted by Gasteiger charge is -2.09. The average Bonchev–Trinajstić information content (AvgIpc) is 3.84. The standard InChI is InChI=1S/C32H8Cl10N8/c33-10-6-5-9-11(16(10)34)28-46-27(9)44-25-7-3-1-2-4-8(7)26(43-25)45-29-12-13(18(36)22(40)21(39)17(12)35)31(48-29)50-32-15-14(30(47-28)49-32)19(37)23(41)24(42)20(15)38/h1-6H,(H2,43,44,45,46,47,48,49,50). The molecule has 246 valence electrons. The van der Waals surface area contributed by atoms with Crippen LogP contribution in [0.4, 0.5) is 0 Å². The number of H-pyrrole nitrogens is 2. The number of aromatic amines is 2. The first-order chi connectivity index (χ1) is 23.9. The van der Waals surface area contributed by atoms with E-state index >= 15 is 0 Å². The molecule has 0 aliphatic carbocycles. The molecular formula is C32H8Cl10N8. The maximum atomic E-state index is 6.83. The number of fused-ring (bicyclic) bond motifs is 20. The van der Waals surface area contributed by atoms with E-state index in [4.69, 9.17) is 146 Å². The summed E-state index contributed by atoms with van der Waals surface area (Å²) in [5, 5.41) is 2.44. The minimum absolute atomic E-state index is 0.00683. The van der Waals surface area contributed by atoms with E-state index in [1.165, 1.54) is 0 Å². The van der Waals surface area contributed by atoms with Crippen LogP contribution in [0.2, 0.25) is 50.2 Å². The van der Waals surface area contributed by atoms with Gasteiger partial charge in [0, 0.05) is 21.9 Å². The van der Waals surface area contributed by atoms with Crippen LogP contribution in [0, 0.1) is 0 Å². The smallest absolute Gasteiger partial charge is 0.166 e. The number of halogens is 10. The van der Waals surface area contributed by atoms with Gasteiger partial charge in [0.2, 0.25) is 0 Å². The highest BCUT2D eigenvalue weighted by atomic mass is 35.5. The fraction of sp³-hybridized carbons (Fsp3) is 0. The largest absolute Gasteiger partial charge is 0.324 e. The zero-order valence-electron chi connectivity index (χ0n) is 23.9. The van der Waals surface area contributed by atoms with E-state index in [1.807, 2.05) is 24.3 Å². The summed E-state index contributed by atoms with van der Waals surface area (Å²) in [4.78, 5) is 35.6. The van der Waals surface area contributed by atoms with Crippen molar-refractivity contribution in [1.29, 1.82) is 0 Å². The molecule has 2 aliphatic rings. The molecule has 0 saturated carbocycles. The van der Waals surface area contributed by atoms with Crippen molar-refractivity contribution >= 4 is 160 Å². The van der Waals surface area contributed by atoms with Crippen molar-refractivity contribution < 1.29 is 0 Å². The number of benzene rings is 4. The van der Waals surface area contributed by atoms with Crippen LogP contribution in [0.5, 0.6) is 0 Å². The van der Waals surface area contributed by atoms with Crippen molar-refractivity contribution in [2.24, 2.45) is 0 Å². The average molecular weight is 859 g/mol. The van der Waals surface area contributed by atoms with E-state index in [1.54, 1.807) is 12.1 Å². The lowest BCUT2D eigenvalue weighted by atomic mass is 10.1. The van der Waals surface area contributed by atoms with Gasteiger partial charge >= 0.3 is 0 Å². The van der Waals surface area contributed by atoms with Gasteiger partial charge < -0.3 is 9.97 Å². The minimum Gasteiger partial charge on any atom is -0.324 e. The number of nitrogens with zero attached hydrogens (tertiary/aromatic N) is 6. The van der Waals surface area contributed by atoms with Crippen LogP contribution >= 0.6 is 116 Å². The number of nitrogens with one attached hydrogen (secondary N) is 2. The second-order valence-electron chi connectivity index (χ2n) is 11.0. The van der Waals surface area contributed by atoms with E-state index in [0.29, 0.717) is 55.0 Å². The van der Waals surface area contributed by atoms with Gasteiger partial charge in [0.25, 0.3) is 0 Å². The van der Waals surface area contributed by atoms with Crippen molar-refractivity contribution in [2.45, 2.75) is 0 Å². The third-order valence-corrected chi connectivity index (χ3v) is 12.6. The Morgan fingerprint density at radius 3 is 1.32 bits per heavy atom. The number of aromatic nitrogens is 8. The summed E-state index contributed by atoms with van der Waals surface area (Å²) in [5.74, 6) is 0.797. The molecule has 3 aromatic heterocycles. The molecule has 18 heteroatoms. The molecule has 0 radical (unpaired) electrons. The minimum atomic E-state index is -0.0129. The summed E-state index contributed by atoms with van der Waals surface area (Å²) in [6, 6.07) is 10.9. The van der Waals surface area contributed by atoms with Crippen LogP contribution in [-0.4, -0.2) is 39.9 Å². The molecule has 0 amide bonds. The zero-order chi connectivity index (χ0) is 34.9. The first-order valence-corrected chi connectivity index (χ1v) is 17.8. The number of hydrogen-bond donors (Lipinski definition) is 2. The molecule has 0 spiro atoms. The maximum absolute atomic E-state index is 6.83. The second kappa shape index (κ2) is 11.8. The van der Waals surface area contributed by atoms with E-state index in [0.717, 1.165) is 0 Å². The fourth-order valence-electron chi connectivity index (χ4n) is 5.99. The summed E-state index contributed by atoms with van der Waals surface area (Å²) in [6.45, 7) is 0. The topological polar surface area (TPSA) is 109 Å². The van der Waals surface area contributed by atoms with E-state index < -0.39 is 0 Å². The highest BCUT2D eigenvalue weighted by molar-refractivity contribution is 6.57. The molecule has 9 rings (SSSR count). The molecular weight excluding hydrogens is 851 g/mol. The lowest BCUT2D eigenvalue weighted by Crippen LogP contribution is -1.88. The monoisotopic (exact) mass is 854 g/mol. The Morgan fingerprint density at radius 2 is 0.780 bits per heavy atom. The first kappa shape index (κ1) is 33.0. The molecule has 0 saturated heterocycles. The third kappa shape index (κ3) is 4.68. The molecule has 5 heterocycles. The molecule has 4 aromatic carbocycles. The van der Waals surface area contributed by atoms with E-state index in [-0.39, 0.29) is 84.9 Å². The third-order valence-electron chi connectivity index (χ3n) is 8.22. The van der Waals surface area contributed by atoms with Gasteiger partial charge in [-0.15, -0.1) is 0 Å². The number of rotatable bonds is 0. The molecule has 0 atom stereocenters. The molecule has 0 fully saturated rings. The molecule has 8 nitrogen and oxygen atoms in total. The number of hydrogen-bond acceptors (Lipinski definition) is 6. The van der Waals surface area contributed by atoms with Gasteiger partial charge in [-0.1, -0.05) is 140 Å². The second-order valence-corrected chi connectivity index (χ2v) is 14.8. The van der Waals surface area contributed by atoms with Gasteiger partial charge in [0.15, 0.2) is 23.3 Å². The Kier molecular flexibility index (Phi) is 7.81. The van der Waals surface area contributed by atoms with Gasteiger partial charge in [-0.3, -0.25) is 0 Å². The highest BCUT2D eigenvalue weighted by Gasteiger charge is 2.31. The van der Waals surface area contributed by atoms with Crippen molar-refractivity contribution in [2.75, 3.05) is 0 Å². The van der Waals surface area contributed by atoms with Crippen molar-refractivity contribution in [1.82, 2.24) is 39.9 Å². The molecule has 2 N–H and O–H groups in total. The van der Waals surface area contributed by atoms with Gasteiger partial charge in [-0.2, -0.15) is 0 Å². The van der Waals surface area contributed by atoms with E-state index in [9.17, 15) is 0 Å². The predicted octanol–water partition coefficient (Wildman–Crippen LogP) is 13.4. The van der Waals surface area contributed by atoms with Gasteiger partial charge in [-0.05, 0) is 12.1 Å². The predicted molar refractivity (Wildman–Crippen MR) is 206 cm³/mol. The van der Waals surface area contributed by atoms with Gasteiger partial charge in [0.05, 0.1) is 72.1 Å². The summed E-state index contributed by atoms with van der Waals surface area (Å²) in [7, 11) is 0. The van der Waals surface area contributed by atoms with Crippen molar-refractivity contribution in [3.63, 3.8) is 0 Å². The summed E-state index contributed by atoms with van der Waals surface area (Å²) in [5.41, 5.74) is 2.93. The van der Waals surface area contributed by atoms with Gasteiger partial charge in [-0.25, -0.2) is 29.9 Å². The SMILES string of the molecule is Clc1ccc2c3nc4nc(nc5[nH]c(nc6nc(nc([nH]3)c2c1Cl)-c1c(Cl)c(Cl)c(Cl)c(Cl)c1-6)c1c(Cl)c(Cl)c(Cl)c(Cl)c51)-c1ccccc1-4. The Hall–Kier alpha value is -2.86. The van der Waals surface area contributed by atoms with Crippen LogP contribution in [0.3, 0.4) is 0 Å². The summed E-state index contributed by atoms with van der Waals surface area (Å²) in [6.07, 6.45) is 0. The Balaban J connectivity index is 1.57. The Bertz CT molecular complexity index is 2900. The molecule has 0 unspecified atom stereocenters. The van der Waals surface area contributed by atoms with Crippen LogP contribution in [0.25, 0.3) is 89.7 Å². The molecule has 2 aliphatic heterocycles. The lowest BCUT2D eigenvalue weighted by molar-refractivity contribution is 1.19. The van der Waals surface area contributed by atoms with Crippen LogP contribution < -0.4 is 0 Å². The van der Waals surface area contributed by atoms with Crippen LogP contribution in [0.1, 0.15) is 0 Å². The Labute approximate surface area is 329 Å². The Morgan fingerprint density at radius 1 is 0.360 bits per heavy atom. The quantitative estimate of drug-likeness (QED) is 0.116. The summed E-state index contributed by atoms with van der Waals surface area (Å²) >= 11 is 66.8.